The summed E-state index contributed by atoms with van der Waals surface area (Å²) >= 11 is 1.72. The Kier molecular flexibility index (Phi) is 6.61. The molecule has 0 bridgehead atoms. The van der Waals surface area contributed by atoms with Crippen LogP contribution < -0.4 is 4.90 Å². The molecule has 0 radical (unpaired) electrons. The number of hydrogen-bond acceptors (Lipinski definition) is 2. The first-order valence-electron chi connectivity index (χ1n) is 20.4. The number of anilines is 3. The third kappa shape index (κ3) is 5.67. The molecule has 0 fully saturated rings. The Balaban J connectivity index is 1.08. The van der Waals surface area contributed by atoms with Crippen LogP contribution in [0.2, 0.25) is 0 Å². The monoisotopic (exact) mass is 701 g/mol. The molecule has 8 aromatic rings. The van der Waals surface area contributed by atoms with Crippen LogP contribution in [0.1, 0.15) is 24.0 Å². The van der Waals surface area contributed by atoms with Crippen LogP contribution in [0.25, 0.3) is 55.4 Å². The molecule has 2 atom stereocenters. The highest BCUT2D eigenvalue weighted by Crippen LogP contribution is 2.47. The molecule has 10 rings (SSSR count). The van der Waals surface area contributed by atoms with Gasteiger partial charge in [-0.3, -0.25) is 0 Å². The first-order valence-corrected chi connectivity index (χ1v) is 18.7. The van der Waals surface area contributed by atoms with E-state index < -0.39 is 6.04 Å². The lowest BCUT2D eigenvalue weighted by Crippen LogP contribution is -2.13. The van der Waals surface area contributed by atoms with Gasteiger partial charge in [-0.2, -0.15) is 0 Å². The molecule has 53 heavy (non-hydrogen) atoms. The van der Waals surface area contributed by atoms with Gasteiger partial charge in [-0.1, -0.05) is 139 Å². The molecule has 2 aliphatic rings. The quantitative estimate of drug-likeness (QED) is 0.161. The molecule has 252 valence electrons. The fourth-order valence-electron chi connectivity index (χ4n) is 7.77. The summed E-state index contributed by atoms with van der Waals surface area (Å²) in [6, 6.07) is 46.8. The molecule has 0 saturated heterocycles. The van der Waals surface area contributed by atoms with Gasteiger partial charge in [-0.15, -0.1) is 11.3 Å². The lowest BCUT2D eigenvalue weighted by molar-refractivity contribution is 0.693. The Labute approximate surface area is 321 Å². The topological polar surface area (TPSA) is 8.17 Å². The van der Waals surface area contributed by atoms with Gasteiger partial charge in [0.25, 0.3) is 0 Å². The summed E-state index contributed by atoms with van der Waals surface area (Å²) in [5.74, 6) is 0.574. The van der Waals surface area contributed by atoms with Crippen LogP contribution in [-0.2, 0) is 0 Å². The van der Waals surface area contributed by atoms with Gasteiger partial charge in [0.2, 0.25) is 0 Å². The van der Waals surface area contributed by atoms with Crippen molar-refractivity contribution in [2.45, 2.75) is 5.92 Å². The van der Waals surface area contributed by atoms with Crippen LogP contribution in [0.15, 0.2) is 200 Å². The predicted octanol–water partition coefficient (Wildman–Crippen LogP) is 14.0. The lowest BCUT2D eigenvalue weighted by atomic mass is 9.78. The van der Waals surface area contributed by atoms with Gasteiger partial charge in [0.15, 0.2) is 0 Å². The van der Waals surface area contributed by atoms with E-state index in [1.165, 1.54) is 22.2 Å². The van der Waals surface area contributed by atoms with Gasteiger partial charge < -0.3 is 9.47 Å². The van der Waals surface area contributed by atoms with Crippen LogP contribution in [0.4, 0.5) is 16.4 Å². The largest absolute Gasteiger partial charge is 0.310 e. The van der Waals surface area contributed by atoms with E-state index in [4.69, 9.17) is 6.85 Å². The van der Waals surface area contributed by atoms with Gasteiger partial charge in [0.05, 0.1) is 18.1 Å². The molecule has 0 amide bonds. The standard InChI is InChI=1S/C50H36N2S/c1-4-12-35(13-5-1)37-20-26-42(27-21-37)51(43-28-22-38(23-29-43)36-14-6-2-7-15-36)49-33-32-48(53-49)40-25-30-46-45(34-40)50-44-19-11-10-16-39(44)24-31-47(50)52(46)41-17-8-3-9-18-41/h1-34,39,44H/i1D,4D,5D,12D,13D. The summed E-state index contributed by atoms with van der Waals surface area (Å²) in [4.78, 5) is 3.36. The number of allylic oxidation sites excluding steroid dienone is 5. The van der Waals surface area contributed by atoms with Crippen molar-refractivity contribution in [2.24, 2.45) is 5.92 Å². The van der Waals surface area contributed by atoms with Crippen LogP contribution in [0.5, 0.6) is 0 Å². The second kappa shape index (κ2) is 13.3. The highest BCUT2D eigenvalue weighted by molar-refractivity contribution is 7.19. The molecule has 0 spiro atoms. The minimum atomic E-state index is -0.397. The van der Waals surface area contributed by atoms with Crippen molar-refractivity contribution in [3.05, 3.63) is 211 Å². The second-order valence-electron chi connectivity index (χ2n) is 13.4. The van der Waals surface area contributed by atoms with Crippen molar-refractivity contribution in [3.8, 4) is 38.4 Å². The van der Waals surface area contributed by atoms with Crippen molar-refractivity contribution in [3.63, 3.8) is 0 Å². The van der Waals surface area contributed by atoms with Gasteiger partial charge in [-0.25, -0.2) is 0 Å². The number of hydrogen-bond donors (Lipinski definition) is 0. The summed E-state index contributed by atoms with van der Waals surface area (Å²) in [6.07, 6.45) is 13.6. The second-order valence-corrected chi connectivity index (χ2v) is 14.4. The molecule has 0 aliphatic heterocycles. The smallest absolute Gasteiger partial charge is 0.101 e. The molecule has 0 N–H and O–H groups in total. The summed E-state index contributed by atoms with van der Waals surface area (Å²) in [6.45, 7) is 0. The summed E-state index contributed by atoms with van der Waals surface area (Å²) in [5.41, 5.74) is 10.9. The van der Waals surface area contributed by atoms with E-state index in [-0.39, 0.29) is 35.7 Å². The number of fused-ring (bicyclic) bond motifs is 5. The van der Waals surface area contributed by atoms with Gasteiger partial charge >= 0.3 is 0 Å². The number of aromatic nitrogens is 1. The van der Waals surface area contributed by atoms with Crippen LogP contribution in [0.3, 0.4) is 0 Å². The zero-order valence-electron chi connectivity index (χ0n) is 33.7. The third-order valence-corrected chi connectivity index (χ3v) is 11.4. The van der Waals surface area contributed by atoms with E-state index in [2.05, 4.69) is 143 Å². The highest BCUT2D eigenvalue weighted by atomic mass is 32.1. The maximum absolute atomic E-state index is 8.56. The lowest BCUT2D eigenvalue weighted by Gasteiger charge is -2.26. The maximum Gasteiger partial charge on any atom is 0.101 e. The molecule has 2 aliphatic carbocycles. The Morgan fingerprint density at radius 1 is 0.566 bits per heavy atom. The first kappa shape index (κ1) is 26.4. The fraction of sp³-hybridized carbons (Fsp3) is 0.0400. The van der Waals surface area contributed by atoms with E-state index >= 15 is 0 Å². The first-order chi connectivity index (χ1) is 28.4. The van der Waals surface area contributed by atoms with Crippen molar-refractivity contribution in [1.82, 2.24) is 4.57 Å². The van der Waals surface area contributed by atoms with E-state index in [9.17, 15) is 0 Å². The SMILES string of the molecule is [2H]c1c([2H])c([2H])c(-c2ccc(N(c3ccc(-c4ccccc4)cc3)c3ccc(-c4ccc5c(c4)c4c(n5-c5ccccc5)C=CC5C=CC=CC45)s3)cc2)c([2H])c1[2H]. The molecule has 2 nitrogen and oxygen atoms in total. The van der Waals surface area contributed by atoms with E-state index in [0.717, 1.165) is 43.6 Å². The molecule has 0 saturated carbocycles. The summed E-state index contributed by atoms with van der Waals surface area (Å²) in [7, 11) is 0. The molecule has 2 aromatic heterocycles. The molecular formula is C50H36N2S. The zero-order chi connectivity index (χ0) is 39.5. The van der Waals surface area contributed by atoms with Crippen molar-refractivity contribution in [1.29, 1.82) is 0 Å². The molecular weight excluding hydrogens is 661 g/mol. The van der Waals surface area contributed by atoms with E-state index in [1.54, 1.807) is 11.3 Å². The highest BCUT2D eigenvalue weighted by Gasteiger charge is 2.30. The van der Waals surface area contributed by atoms with Gasteiger partial charge in [0, 0.05) is 39.2 Å². The number of nitrogens with zero attached hydrogens (tertiary/aromatic N) is 2. The van der Waals surface area contributed by atoms with Crippen molar-refractivity contribution >= 4 is 44.7 Å². The third-order valence-electron chi connectivity index (χ3n) is 10.3. The normalized spacial score (nSPS) is 17.0. The number of para-hydroxylation sites is 1. The molecule has 6 aromatic carbocycles. The Hall–Kier alpha value is -6.42. The van der Waals surface area contributed by atoms with Crippen molar-refractivity contribution < 1.29 is 6.85 Å². The zero-order valence-corrected chi connectivity index (χ0v) is 29.5. The Bertz CT molecular complexity index is 2920. The predicted molar refractivity (Wildman–Crippen MR) is 226 cm³/mol. The van der Waals surface area contributed by atoms with E-state index in [0.29, 0.717) is 11.5 Å². The van der Waals surface area contributed by atoms with Crippen LogP contribution in [-0.4, -0.2) is 4.57 Å². The minimum Gasteiger partial charge on any atom is -0.310 e. The maximum atomic E-state index is 8.56. The Morgan fingerprint density at radius 3 is 1.94 bits per heavy atom. The number of benzene rings is 6. The Morgan fingerprint density at radius 2 is 1.21 bits per heavy atom. The van der Waals surface area contributed by atoms with Crippen LogP contribution in [0, 0.1) is 5.92 Å². The van der Waals surface area contributed by atoms with Gasteiger partial charge in [-0.05, 0) is 100 Å². The minimum absolute atomic E-state index is 0.190. The average molecular weight is 702 g/mol. The summed E-state index contributed by atoms with van der Waals surface area (Å²) in [5, 5.41) is 2.27. The van der Waals surface area contributed by atoms with E-state index in [1.807, 2.05) is 42.5 Å². The van der Waals surface area contributed by atoms with Crippen molar-refractivity contribution in [2.75, 3.05) is 4.90 Å². The fourth-order valence-corrected chi connectivity index (χ4v) is 8.81. The average Bonchev–Trinajstić information content (AvgIpc) is 3.90. The van der Waals surface area contributed by atoms with Crippen LogP contribution >= 0.6 is 11.3 Å². The molecule has 2 unspecified atom stereocenters. The summed E-state index contributed by atoms with van der Waals surface area (Å²) < 4.78 is 44.0. The number of thiophene rings is 1. The molecule has 2 heterocycles. The van der Waals surface area contributed by atoms with Gasteiger partial charge in [0.1, 0.15) is 5.00 Å². The number of rotatable bonds is 7. The molecule has 3 heteroatoms.